The van der Waals surface area contributed by atoms with Crippen molar-refractivity contribution in [2.45, 2.75) is 6.54 Å². The Labute approximate surface area is 75.1 Å². The molecule has 5 heteroatoms. The number of hydrogen-bond donors (Lipinski definition) is 1. The summed E-state index contributed by atoms with van der Waals surface area (Å²) >= 11 is 0. The lowest BCUT2D eigenvalue weighted by Crippen LogP contribution is -2.06. The Morgan fingerprint density at radius 3 is 3.15 bits per heavy atom. The lowest BCUT2D eigenvalue weighted by atomic mass is 10.4. The number of amides is 1. The number of allylic oxidation sites excluding steroid dienone is 1. The molecule has 2 N–H and O–H groups in total. The second kappa shape index (κ2) is 4.07. The van der Waals surface area contributed by atoms with E-state index in [0.29, 0.717) is 12.1 Å². The van der Waals surface area contributed by atoms with Crippen LogP contribution in [0.5, 0.6) is 0 Å². The van der Waals surface area contributed by atoms with Crippen LogP contribution in [0.3, 0.4) is 0 Å². The Morgan fingerprint density at radius 1 is 1.85 bits per heavy atom. The third kappa shape index (κ3) is 2.79. The normalized spacial score (nSPS) is 10.1. The highest BCUT2D eigenvalue weighted by Crippen LogP contribution is 1.94. The first-order chi connectivity index (χ1) is 6.22. The Kier molecular flexibility index (Phi) is 2.82. The SMILES string of the molecule is N#Cc1cnn(C/C=C/C(N)=O)c1. The number of aromatic nitrogens is 2. The summed E-state index contributed by atoms with van der Waals surface area (Å²) in [6.07, 6.45) is 5.88. The molecule has 0 aliphatic rings. The van der Waals surface area contributed by atoms with Crippen molar-refractivity contribution in [3.63, 3.8) is 0 Å². The first-order valence-electron chi connectivity index (χ1n) is 3.61. The van der Waals surface area contributed by atoms with Gasteiger partial charge in [0.25, 0.3) is 0 Å². The fraction of sp³-hybridized carbons (Fsp3) is 0.125. The van der Waals surface area contributed by atoms with E-state index in [4.69, 9.17) is 11.0 Å². The minimum absolute atomic E-state index is 0.435. The molecule has 1 amide bonds. The molecule has 1 heterocycles. The summed E-state index contributed by atoms with van der Waals surface area (Å²) in [5, 5.41) is 12.3. The maximum atomic E-state index is 10.3. The predicted molar refractivity (Wildman–Crippen MR) is 45.3 cm³/mol. The van der Waals surface area contributed by atoms with Gasteiger partial charge < -0.3 is 5.73 Å². The smallest absolute Gasteiger partial charge is 0.241 e. The monoisotopic (exact) mass is 176 g/mol. The van der Waals surface area contributed by atoms with Crippen molar-refractivity contribution in [3.05, 3.63) is 30.1 Å². The summed E-state index contributed by atoms with van der Waals surface area (Å²) < 4.78 is 1.54. The fourth-order valence-corrected chi connectivity index (χ4v) is 0.798. The average Bonchev–Trinajstić information content (AvgIpc) is 2.52. The van der Waals surface area contributed by atoms with E-state index in [1.165, 1.54) is 17.0 Å². The fourth-order valence-electron chi connectivity index (χ4n) is 0.798. The molecule has 0 unspecified atom stereocenters. The molecule has 0 radical (unpaired) electrons. The summed E-state index contributed by atoms with van der Waals surface area (Å²) in [4.78, 5) is 10.3. The zero-order chi connectivity index (χ0) is 9.68. The molecule has 1 aromatic rings. The molecule has 1 aromatic heterocycles. The van der Waals surface area contributed by atoms with Gasteiger partial charge in [0.1, 0.15) is 6.07 Å². The van der Waals surface area contributed by atoms with E-state index >= 15 is 0 Å². The van der Waals surface area contributed by atoms with Crippen LogP contribution in [-0.4, -0.2) is 15.7 Å². The molecule has 0 fully saturated rings. The van der Waals surface area contributed by atoms with Crippen LogP contribution < -0.4 is 5.73 Å². The number of carbonyl (C=O) groups excluding carboxylic acids is 1. The number of primary amides is 1. The van der Waals surface area contributed by atoms with Gasteiger partial charge in [0.05, 0.1) is 18.3 Å². The van der Waals surface area contributed by atoms with Crippen molar-refractivity contribution >= 4 is 5.91 Å². The van der Waals surface area contributed by atoms with Crippen molar-refractivity contribution < 1.29 is 4.79 Å². The van der Waals surface area contributed by atoms with E-state index in [0.717, 1.165) is 0 Å². The third-order valence-electron chi connectivity index (χ3n) is 1.34. The highest BCUT2D eigenvalue weighted by molar-refractivity contribution is 5.85. The van der Waals surface area contributed by atoms with Crippen LogP contribution in [0.15, 0.2) is 24.5 Å². The second-order valence-corrected chi connectivity index (χ2v) is 2.37. The molecule has 0 spiro atoms. The molecule has 0 aliphatic heterocycles. The maximum Gasteiger partial charge on any atom is 0.241 e. The number of rotatable bonds is 3. The molecule has 0 saturated carbocycles. The third-order valence-corrected chi connectivity index (χ3v) is 1.34. The first-order valence-corrected chi connectivity index (χ1v) is 3.61. The molecule has 0 aromatic carbocycles. The topological polar surface area (TPSA) is 84.7 Å². The van der Waals surface area contributed by atoms with Gasteiger partial charge in [0.2, 0.25) is 5.91 Å². The van der Waals surface area contributed by atoms with E-state index in [1.807, 2.05) is 6.07 Å². The molecule has 66 valence electrons. The van der Waals surface area contributed by atoms with Gasteiger partial charge in [0.15, 0.2) is 0 Å². The van der Waals surface area contributed by atoms with Crippen molar-refractivity contribution in [2.24, 2.45) is 5.73 Å². The lowest BCUT2D eigenvalue weighted by molar-refractivity contribution is -0.113. The summed E-state index contributed by atoms with van der Waals surface area (Å²) in [5.74, 6) is -0.493. The highest BCUT2D eigenvalue weighted by atomic mass is 16.1. The molecule has 0 aliphatic carbocycles. The van der Waals surface area contributed by atoms with E-state index in [9.17, 15) is 4.79 Å². The Bertz CT molecular complexity index is 372. The van der Waals surface area contributed by atoms with Crippen molar-refractivity contribution in [1.29, 1.82) is 5.26 Å². The molecular formula is C8H8N4O. The first kappa shape index (κ1) is 9.00. The zero-order valence-electron chi connectivity index (χ0n) is 6.84. The minimum Gasteiger partial charge on any atom is -0.366 e. The zero-order valence-corrected chi connectivity index (χ0v) is 6.84. The molecule has 1 rings (SSSR count). The van der Waals surface area contributed by atoms with Gasteiger partial charge in [0, 0.05) is 12.3 Å². The Morgan fingerprint density at radius 2 is 2.62 bits per heavy atom. The molecule has 0 saturated heterocycles. The van der Waals surface area contributed by atoms with Gasteiger partial charge in [-0.05, 0) is 0 Å². The summed E-state index contributed by atoms with van der Waals surface area (Å²) in [7, 11) is 0. The average molecular weight is 176 g/mol. The molecule has 0 atom stereocenters. The largest absolute Gasteiger partial charge is 0.366 e. The van der Waals surface area contributed by atoms with Gasteiger partial charge in [-0.15, -0.1) is 0 Å². The van der Waals surface area contributed by atoms with Gasteiger partial charge in [-0.3, -0.25) is 9.48 Å². The summed E-state index contributed by atoms with van der Waals surface area (Å²) in [5.41, 5.74) is 5.37. The van der Waals surface area contributed by atoms with Crippen LogP contribution in [0, 0.1) is 11.3 Å². The van der Waals surface area contributed by atoms with Crippen LogP contribution in [0.1, 0.15) is 5.56 Å². The standard InChI is InChI=1S/C8H8N4O/c9-4-7-5-11-12(6-7)3-1-2-8(10)13/h1-2,5-6H,3H2,(H2,10,13)/b2-1+. The van der Waals surface area contributed by atoms with E-state index in [-0.39, 0.29) is 0 Å². The molecule has 0 bridgehead atoms. The lowest BCUT2D eigenvalue weighted by Gasteiger charge is -1.91. The number of hydrogen-bond acceptors (Lipinski definition) is 3. The second-order valence-electron chi connectivity index (χ2n) is 2.37. The summed E-state index contributed by atoms with van der Waals surface area (Å²) in [6, 6.07) is 1.95. The summed E-state index contributed by atoms with van der Waals surface area (Å²) in [6.45, 7) is 0.435. The van der Waals surface area contributed by atoms with Gasteiger partial charge in [-0.25, -0.2) is 0 Å². The van der Waals surface area contributed by atoms with Crippen LogP contribution >= 0.6 is 0 Å². The van der Waals surface area contributed by atoms with Crippen molar-refractivity contribution in [2.75, 3.05) is 0 Å². The Balaban J connectivity index is 2.56. The van der Waals surface area contributed by atoms with E-state index in [2.05, 4.69) is 5.10 Å². The number of nitriles is 1. The van der Waals surface area contributed by atoms with Crippen molar-refractivity contribution in [1.82, 2.24) is 9.78 Å². The van der Waals surface area contributed by atoms with Crippen LogP contribution in [-0.2, 0) is 11.3 Å². The molecule has 13 heavy (non-hydrogen) atoms. The van der Waals surface area contributed by atoms with Crippen LogP contribution in [0.4, 0.5) is 0 Å². The van der Waals surface area contributed by atoms with Gasteiger partial charge >= 0.3 is 0 Å². The number of nitrogens with two attached hydrogens (primary N) is 1. The molecule has 5 nitrogen and oxygen atoms in total. The van der Waals surface area contributed by atoms with E-state index in [1.54, 1.807) is 12.3 Å². The number of nitrogens with zero attached hydrogens (tertiary/aromatic N) is 3. The van der Waals surface area contributed by atoms with E-state index < -0.39 is 5.91 Å². The van der Waals surface area contributed by atoms with Crippen molar-refractivity contribution in [3.8, 4) is 6.07 Å². The van der Waals surface area contributed by atoms with Crippen LogP contribution in [0.2, 0.25) is 0 Å². The predicted octanol–water partition coefficient (Wildman–Crippen LogP) is -0.204. The number of carbonyl (C=O) groups is 1. The molecular weight excluding hydrogens is 168 g/mol. The van der Waals surface area contributed by atoms with Gasteiger partial charge in [-0.1, -0.05) is 6.08 Å². The van der Waals surface area contributed by atoms with Crippen LogP contribution in [0.25, 0.3) is 0 Å². The van der Waals surface area contributed by atoms with Gasteiger partial charge in [-0.2, -0.15) is 10.4 Å². The Hall–Kier alpha value is -2.09. The maximum absolute atomic E-state index is 10.3. The quantitative estimate of drug-likeness (QED) is 0.647. The highest BCUT2D eigenvalue weighted by Gasteiger charge is 1.93. The minimum atomic E-state index is -0.493.